The van der Waals surface area contributed by atoms with Crippen LogP contribution in [-0.4, -0.2) is 54.1 Å². The molecule has 8 heteroatoms. The van der Waals surface area contributed by atoms with Gasteiger partial charge in [0.25, 0.3) is 11.8 Å². The molecule has 0 radical (unpaired) electrons. The zero-order valence-corrected chi connectivity index (χ0v) is 13.3. The Balaban J connectivity index is 2.26. The molecule has 2 amide bonds. The summed E-state index contributed by atoms with van der Waals surface area (Å²) in [6.07, 6.45) is 0.206. The summed E-state index contributed by atoms with van der Waals surface area (Å²) < 4.78 is 4.64. The molecule has 0 aliphatic carbocycles. The van der Waals surface area contributed by atoms with Crippen LogP contribution in [0.1, 0.15) is 23.2 Å². The van der Waals surface area contributed by atoms with Crippen LogP contribution in [-0.2, 0) is 14.3 Å². The zero-order chi connectivity index (χ0) is 17.0. The number of likely N-dealkylation sites (tertiary alicyclic amines) is 1. The van der Waals surface area contributed by atoms with Crippen molar-refractivity contribution in [1.29, 1.82) is 0 Å². The number of halogens is 1. The number of carboxylic acid groups (broad SMARTS) is 1. The Kier molecular flexibility index (Phi) is 5.57. The Bertz CT molecular complexity index is 628. The predicted molar refractivity (Wildman–Crippen MR) is 83.7 cm³/mol. The van der Waals surface area contributed by atoms with Crippen LogP contribution in [0.25, 0.3) is 0 Å². The van der Waals surface area contributed by atoms with Gasteiger partial charge in [0.1, 0.15) is 0 Å². The SMILES string of the molecule is COC(C(=O)O)C(=O)Nc1ccc(Cl)cc1C(=O)N1CCCC1. The van der Waals surface area contributed by atoms with Crippen LogP contribution in [0.15, 0.2) is 18.2 Å². The number of hydrogen-bond acceptors (Lipinski definition) is 4. The van der Waals surface area contributed by atoms with Crippen molar-refractivity contribution < 1.29 is 24.2 Å². The molecule has 1 aliphatic heterocycles. The first-order chi connectivity index (χ1) is 10.9. The highest BCUT2D eigenvalue weighted by atomic mass is 35.5. The number of amides is 2. The van der Waals surface area contributed by atoms with Gasteiger partial charge in [-0.3, -0.25) is 9.59 Å². The molecule has 2 N–H and O–H groups in total. The quantitative estimate of drug-likeness (QED) is 0.794. The summed E-state index contributed by atoms with van der Waals surface area (Å²) in [6.45, 7) is 1.29. The normalized spacial score (nSPS) is 15.3. The first kappa shape index (κ1) is 17.2. The average molecular weight is 341 g/mol. The van der Waals surface area contributed by atoms with E-state index in [1.54, 1.807) is 4.90 Å². The highest BCUT2D eigenvalue weighted by molar-refractivity contribution is 6.31. The van der Waals surface area contributed by atoms with Crippen LogP contribution in [0.5, 0.6) is 0 Å². The predicted octanol–water partition coefficient (Wildman–Crippen LogP) is 1.61. The molecular weight excluding hydrogens is 324 g/mol. The van der Waals surface area contributed by atoms with Gasteiger partial charge in [-0.05, 0) is 31.0 Å². The number of carbonyl (C=O) groups is 3. The van der Waals surface area contributed by atoms with Crippen molar-refractivity contribution in [1.82, 2.24) is 4.90 Å². The van der Waals surface area contributed by atoms with Crippen molar-refractivity contribution in [2.24, 2.45) is 0 Å². The molecule has 23 heavy (non-hydrogen) atoms. The molecule has 2 rings (SSSR count). The first-order valence-electron chi connectivity index (χ1n) is 7.09. The number of ether oxygens (including phenoxy) is 1. The Morgan fingerprint density at radius 2 is 1.96 bits per heavy atom. The molecule has 1 heterocycles. The van der Waals surface area contributed by atoms with Gasteiger partial charge in [-0.15, -0.1) is 0 Å². The number of rotatable bonds is 5. The van der Waals surface area contributed by atoms with Gasteiger partial charge in [0.2, 0.25) is 6.10 Å². The second-order valence-corrected chi connectivity index (χ2v) is 5.57. The highest BCUT2D eigenvalue weighted by Gasteiger charge is 2.28. The van der Waals surface area contributed by atoms with Gasteiger partial charge < -0.3 is 20.1 Å². The van der Waals surface area contributed by atoms with Gasteiger partial charge in [-0.2, -0.15) is 0 Å². The monoisotopic (exact) mass is 340 g/mol. The Hall–Kier alpha value is -2.12. The van der Waals surface area contributed by atoms with E-state index < -0.39 is 18.0 Å². The Morgan fingerprint density at radius 1 is 1.30 bits per heavy atom. The number of nitrogens with zero attached hydrogens (tertiary/aromatic N) is 1. The number of aliphatic carboxylic acids is 1. The molecule has 1 aromatic rings. The summed E-state index contributed by atoms with van der Waals surface area (Å²) in [5, 5.41) is 11.7. The lowest BCUT2D eigenvalue weighted by atomic mass is 10.1. The van der Waals surface area contributed by atoms with E-state index in [0.717, 1.165) is 20.0 Å². The lowest BCUT2D eigenvalue weighted by Crippen LogP contribution is -2.37. The van der Waals surface area contributed by atoms with Gasteiger partial charge in [0, 0.05) is 25.2 Å². The standard InChI is InChI=1S/C15H17ClN2O5/c1-23-12(15(21)22)13(19)17-11-5-4-9(16)8-10(11)14(20)18-6-2-3-7-18/h4-5,8,12H,2-3,6-7H2,1H3,(H,17,19)(H,21,22). The average Bonchev–Trinajstić information content (AvgIpc) is 3.03. The molecule has 7 nitrogen and oxygen atoms in total. The van der Waals surface area contributed by atoms with Crippen LogP contribution in [0.2, 0.25) is 5.02 Å². The summed E-state index contributed by atoms with van der Waals surface area (Å²) in [5.74, 6) is -2.52. The fraction of sp³-hybridized carbons (Fsp3) is 0.400. The third kappa shape index (κ3) is 4.00. The maximum Gasteiger partial charge on any atom is 0.342 e. The van der Waals surface area contributed by atoms with Gasteiger partial charge in [0.15, 0.2) is 0 Å². The van der Waals surface area contributed by atoms with E-state index in [4.69, 9.17) is 16.7 Å². The number of methoxy groups -OCH3 is 1. The highest BCUT2D eigenvalue weighted by Crippen LogP contribution is 2.24. The largest absolute Gasteiger partial charge is 0.479 e. The van der Waals surface area contributed by atoms with E-state index >= 15 is 0 Å². The second-order valence-electron chi connectivity index (χ2n) is 5.13. The second kappa shape index (κ2) is 7.43. The summed E-state index contributed by atoms with van der Waals surface area (Å²) in [6, 6.07) is 4.44. The third-order valence-electron chi connectivity index (χ3n) is 3.56. The number of carboxylic acids is 1. The van der Waals surface area contributed by atoms with E-state index in [0.29, 0.717) is 18.1 Å². The van der Waals surface area contributed by atoms with Crippen molar-refractivity contribution in [2.45, 2.75) is 18.9 Å². The number of carbonyl (C=O) groups excluding carboxylic acids is 2. The van der Waals surface area contributed by atoms with Crippen molar-refractivity contribution in [3.63, 3.8) is 0 Å². The summed E-state index contributed by atoms with van der Waals surface area (Å²) in [5.41, 5.74) is 0.438. The molecule has 0 aromatic heterocycles. The minimum atomic E-state index is -1.65. The van der Waals surface area contributed by atoms with Gasteiger partial charge in [-0.1, -0.05) is 11.6 Å². The van der Waals surface area contributed by atoms with Crippen molar-refractivity contribution in [3.8, 4) is 0 Å². The van der Waals surface area contributed by atoms with E-state index in [1.165, 1.54) is 18.2 Å². The number of benzene rings is 1. The van der Waals surface area contributed by atoms with Crippen LogP contribution >= 0.6 is 11.6 Å². The fourth-order valence-corrected chi connectivity index (χ4v) is 2.58. The maximum absolute atomic E-state index is 12.5. The molecule has 0 spiro atoms. The molecule has 0 bridgehead atoms. The fourth-order valence-electron chi connectivity index (χ4n) is 2.41. The van der Waals surface area contributed by atoms with E-state index in [9.17, 15) is 14.4 Å². The van der Waals surface area contributed by atoms with Crippen molar-refractivity contribution >= 4 is 35.1 Å². The lowest BCUT2D eigenvalue weighted by molar-refractivity contribution is -0.153. The molecule has 1 fully saturated rings. The zero-order valence-electron chi connectivity index (χ0n) is 12.5. The molecule has 124 valence electrons. The minimum absolute atomic E-state index is 0.208. The van der Waals surface area contributed by atoms with E-state index in [2.05, 4.69) is 10.1 Å². The number of hydrogen-bond donors (Lipinski definition) is 2. The topological polar surface area (TPSA) is 95.9 Å². The van der Waals surface area contributed by atoms with Crippen LogP contribution in [0, 0.1) is 0 Å². The van der Waals surface area contributed by atoms with Crippen molar-refractivity contribution in [2.75, 3.05) is 25.5 Å². The first-order valence-corrected chi connectivity index (χ1v) is 7.47. The summed E-state index contributed by atoms with van der Waals surface area (Å²) >= 11 is 5.94. The Morgan fingerprint density at radius 3 is 2.52 bits per heavy atom. The van der Waals surface area contributed by atoms with Gasteiger partial charge in [0.05, 0.1) is 11.3 Å². The van der Waals surface area contributed by atoms with Gasteiger partial charge in [-0.25, -0.2) is 4.79 Å². The molecule has 1 atom stereocenters. The molecule has 1 unspecified atom stereocenters. The number of nitrogens with one attached hydrogen (secondary N) is 1. The lowest BCUT2D eigenvalue weighted by Gasteiger charge is -2.19. The Labute approximate surface area is 138 Å². The molecule has 1 aromatic carbocycles. The number of anilines is 1. The van der Waals surface area contributed by atoms with E-state index in [1.807, 2.05) is 0 Å². The molecule has 0 saturated carbocycles. The van der Waals surface area contributed by atoms with Crippen molar-refractivity contribution in [3.05, 3.63) is 28.8 Å². The maximum atomic E-state index is 12.5. The minimum Gasteiger partial charge on any atom is -0.479 e. The van der Waals surface area contributed by atoms with Crippen LogP contribution in [0.4, 0.5) is 5.69 Å². The van der Waals surface area contributed by atoms with Gasteiger partial charge >= 0.3 is 5.97 Å². The van der Waals surface area contributed by atoms with E-state index in [-0.39, 0.29) is 17.2 Å². The molecular formula is C15H17ClN2O5. The van der Waals surface area contributed by atoms with Crippen LogP contribution < -0.4 is 5.32 Å². The van der Waals surface area contributed by atoms with Crippen LogP contribution in [0.3, 0.4) is 0 Å². The summed E-state index contributed by atoms with van der Waals surface area (Å²) in [4.78, 5) is 37.2. The smallest absolute Gasteiger partial charge is 0.342 e. The molecule has 1 aliphatic rings. The third-order valence-corrected chi connectivity index (χ3v) is 3.80. The summed E-state index contributed by atoms with van der Waals surface area (Å²) in [7, 11) is 1.12. The molecule has 1 saturated heterocycles.